The maximum Gasteiger partial charge on any atom is 0.509 e. The number of carbonyl (C=O) groups is 1. The van der Waals surface area contributed by atoms with E-state index in [4.69, 9.17) is 13.9 Å². The molecule has 1 fully saturated rings. The first-order valence-electron chi connectivity index (χ1n) is 9.63. The number of carbonyl (C=O) groups excluding carboxylic acids is 1. The van der Waals surface area contributed by atoms with Crippen molar-refractivity contribution in [2.75, 3.05) is 6.61 Å². The summed E-state index contributed by atoms with van der Waals surface area (Å²) in [6.45, 7) is 8.85. The molecule has 0 bridgehead atoms. The van der Waals surface area contributed by atoms with Gasteiger partial charge < -0.3 is 13.9 Å². The van der Waals surface area contributed by atoms with Crippen LogP contribution in [-0.4, -0.2) is 33.3 Å². The van der Waals surface area contributed by atoms with Crippen molar-refractivity contribution < 1.29 is 18.7 Å². The van der Waals surface area contributed by atoms with Crippen LogP contribution in [-0.2, 0) is 13.9 Å². The summed E-state index contributed by atoms with van der Waals surface area (Å²) >= 11 is 0. The third-order valence-corrected chi connectivity index (χ3v) is 10.1. The first-order valence-corrected chi connectivity index (χ1v) is 11.5. The Hall–Kier alpha value is -2.37. The van der Waals surface area contributed by atoms with Crippen LogP contribution in [0, 0.1) is 0 Å². The molecule has 2 aromatic carbocycles. The van der Waals surface area contributed by atoms with Crippen LogP contribution in [0.5, 0.6) is 0 Å². The van der Waals surface area contributed by atoms with Crippen LogP contribution < -0.4 is 10.4 Å². The Kier molecular flexibility index (Phi) is 6.06. The molecule has 1 aliphatic heterocycles. The fourth-order valence-corrected chi connectivity index (χ4v) is 8.43. The number of benzene rings is 2. The van der Waals surface area contributed by atoms with Gasteiger partial charge in [-0.25, -0.2) is 4.79 Å². The second kappa shape index (κ2) is 8.33. The molecule has 5 heteroatoms. The van der Waals surface area contributed by atoms with Gasteiger partial charge >= 0.3 is 6.16 Å². The SMILES string of the molecule is C/C=C/[C@H]1OC(=O)O[C@H]1CO[Si](c1ccccc1)(c1ccccc1)C(C)(C)C. The molecule has 1 aliphatic rings. The van der Waals surface area contributed by atoms with E-state index in [0.717, 1.165) is 0 Å². The van der Waals surface area contributed by atoms with E-state index in [1.807, 2.05) is 31.2 Å². The molecule has 0 aromatic heterocycles. The topological polar surface area (TPSA) is 44.8 Å². The largest absolute Gasteiger partial charge is 0.509 e. The fraction of sp³-hybridized carbons (Fsp3) is 0.348. The summed E-state index contributed by atoms with van der Waals surface area (Å²) in [7, 11) is -2.66. The second-order valence-electron chi connectivity index (χ2n) is 7.99. The Morgan fingerprint density at radius 2 is 1.50 bits per heavy atom. The number of cyclic esters (lactones) is 2. The molecule has 0 aliphatic carbocycles. The van der Waals surface area contributed by atoms with Crippen molar-refractivity contribution in [3.05, 3.63) is 72.8 Å². The van der Waals surface area contributed by atoms with Gasteiger partial charge in [0.15, 0.2) is 12.2 Å². The van der Waals surface area contributed by atoms with Crippen molar-refractivity contribution in [2.24, 2.45) is 0 Å². The molecule has 0 radical (unpaired) electrons. The molecule has 148 valence electrons. The molecule has 28 heavy (non-hydrogen) atoms. The van der Waals surface area contributed by atoms with E-state index in [9.17, 15) is 4.79 Å². The van der Waals surface area contributed by atoms with E-state index < -0.39 is 26.7 Å². The van der Waals surface area contributed by atoms with E-state index in [1.54, 1.807) is 0 Å². The summed E-state index contributed by atoms with van der Waals surface area (Å²) in [4.78, 5) is 11.7. The smallest absolute Gasteiger partial charge is 0.424 e. The van der Waals surface area contributed by atoms with Gasteiger partial charge in [0, 0.05) is 0 Å². The minimum absolute atomic E-state index is 0.130. The average molecular weight is 397 g/mol. The molecular weight excluding hydrogens is 368 g/mol. The van der Waals surface area contributed by atoms with Crippen LogP contribution in [0.4, 0.5) is 4.79 Å². The molecule has 0 unspecified atom stereocenters. The molecule has 1 heterocycles. The molecular formula is C23H28O4Si. The monoisotopic (exact) mass is 396 g/mol. The van der Waals surface area contributed by atoms with Crippen LogP contribution in [0.2, 0.25) is 5.04 Å². The first kappa shape index (κ1) is 20.4. The molecule has 0 amide bonds. The van der Waals surface area contributed by atoms with Crippen LogP contribution in [0.3, 0.4) is 0 Å². The molecule has 0 saturated carbocycles. The van der Waals surface area contributed by atoms with Crippen molar-refractivity contribution in [3.63, 3.8) is 0 Å². The average Bonchev–Trinajstić information content (AvgIpc) is 3.02. The van der Waals surface area contributed by atoms with Crippen molar-refractivity contribution in [2.45, 2.75) is 44.9 Å². The molecule has 4 nitrogen and oxygen atoms in total. The van der Waals surface area contributed by atoms with E-state index >= 15 is 0 Å². The van der Waals surface area contributed by atoms with Gasteiger partial charge in [-0.05, 0) is 28.4 Å². The Morgan fingerprint density at radius 3 is 1.96 bits per heavy atom. The van der Waals surface area contributed by atoms with E-state index in [1.165, 1.54) is 10.4 Å². The summed E-state index contributed by atoms with van der Waals surface area (Å²) in [6.07, 6.45) is 2.19. The summed E-state index contributed by atoms with van der Waals surface area (Å²) < 4.78 is 17.5. The maximum absolute atomic E-state index is 11.7. The highest BCUT2D eigenvalue weighted by atomic mass is 28.4. The van der Waals surface area contributed by atoms with E-state index in [2.05, 4.69) is 69.3 Å². The summed E-state index contributed by atoms with van der Waals surface area (Å²) in [5, 5.41) is 2.26. The van der Waals surface area contributed by atoms with Gasteiger partial charge in [0.1, 0.15) is 0 Å². The van der Waals surface area contributed by atoms with Crippen molar-refractivity contribution in [1.82, 2.24) is 0 Å². The zero-order valence-electron chi connectivity index (χ0n) is 16.9. The zero-order chi connectivity index (χ0) is 20.2. The molecule has 2 aromatic rings. The van der Waals surface area contributed by atoms with Gasteiger partial charge in [-0.3, -0.25) is 0 Å². The standard InChI is InChI=1S/C23H28O4Si/c1-5-12-20-21(27-22(24)26-20)17-25-28(23(2,3)4,18-13-8-6-9-14-18)19-15-10-7-11-16-19/h5-16,20-21H,17H2,1-4H3/b12-5+/t20-,21+/m1/s1. The number of rotatable bonds is 6. The maximum atomic E-state index is 11.7. The highest BCUT2D eigenvalue weighted by molar-refractivity contribution is 6.99. The van der Waals surface area contributed by atoms with Crippen molar-refractivity contribution >= 4 is 24.8 Å². The van der Waals surface area contributed by atoms with Crippen LogP contribution in [0.15, 0.2) is 72.8 Å². The van der Waals surface area contributed by atoms with E-state index in [0.29, 0.717) is 0 Å². The molecule has 0 N–H and O–H groups in total. The van der Waals surface area contributed by atoms with Gasteiger partial charge in [-0.15, -0.1) is 0 Å². The highest BCUT2D eigenvalue weighted by Crippen LogP contribution is 2.37. The highest BCUT2D eigenvalue weighted by Gasteiger charge is 2.51. The van der Waals surface area contributed by atoms with Crippen LogP contribution in [0.25, 0.3) is 0 Å². The van der Waals surface area contributed by atoms with Gasteiger partial charge in [-0.2, -0.15) is 0 Å². The third kappa shape index (κ3) is 3.91. The number of allylic oxidation sites excluding steroid dienone is 1. The van der Waals surface area contributed by atoms with E-state index in [-0.39, 0.29) is 11.6 Å². The molecule has 2 atom stereocenters. The summed E-state index contributed by atoms with van der Waals surface area (Å²) in [6, 6.07) is 20.8. The van der Waals surface area contributed by atoms with Crippen molar-refractivity contribution in [3.8, 4) is 0 Å². The number of ether oxygens (including phenoxy) is 2. The number of hydrogen-bond donors (Lipinski definition) is 0. The lowest BCUT2D eigenvalue weighted by atomic mass is 10.2. The summed E-state index contributed by atoms with van der Waals surface area (Å²) in [5.74, 6) is 0. The van der Waals surface area contributed by atoms with Gasteiger partial charge in [0.2, 0.25) is 0 Å². The van der Waals surface area contributed by atoms with Crippen molar-refractivity contribution in [1.29, 1.82) is 0 Å². The predicted molar refractivity (Wildman–Crippen MR) is 114 cm³/mol. The Bertz CT molecular complexity index is 772. The Balaban J connectivity index is 2.03. The number of hydrogen-bond acceptors (Lipinski definition) is 4. The summed E-state index contributed by atoms with van der Waals surface area (Å²) in [5.41, 5.74) is 0. The molecule has 3 rings (SSSR count). The Labute approximate surface area is 168 Å². The lowest BCUT2D eigenvalue weighted by Gasteiger charge is -2.43. The van der Waals surface area contributed by atoms with Gasteiger partial charge in [-0.1, -0.05) is 87.5 Å². The van der Waals surface area contributed by atoms with Gasteiger partial charge in [0.05, 0.1) is 6.61 Å². The minimum atomic E-state index is -2.66. The Morgan fingerprint density at radius 1 is 0.964 bits per heavy atom. The predicted octanol–water partition coefficient (Wildman–Crippen LogP) is 4.04. The third-order valence-electron chi connectivity index (χ3n) is 5.11. The van der Waals surface area contributed by atoms with Gasteiger partial charge in [0.25, 0.3) is 8.32 Å². The first-order chi connectivity index (χ1) is 13.4. The van der Waals surface area contributed by atoms with Crippen LogP contribution >= 0.6 is 0 Å². The zero-order valence-corrected chi connectivity index (χ0v) is 17.9. The van der Waals surface area contributed by atoms with Crippen LogP contribution in [0.1, 0.15) is 27.7 Å². The second-order valence-corrected chi connectivity index (χ2v) is 12.3. The lowest BCUT2D eigenvalue weighted by molar-refractivity contribution is 0.0932. The normalized spacial score (nSPS) is 20.2. The molecule has 0 spiro atoms. The fourth-order valence-electron chi connectivity index (χ4n) is 3.86. The minimum Gasteiger partial charge on any atom is -0.424 e. The lowest BCUT2D eigenvalue weighted by Crippen LogP contribution is -2.67. The molecule has 1 saturated heterocycles. The quantitative estimate of drug-likeness (QED) is 0.420.